The molecule has 110 valence electrons. The van der Waals surface area contributed by atoms with Crippen LogP contribution in [0, 0.1) is 0 Å². The van der Waals surface area contributed by atoms with Crippen LogP contribution >= 0.6 is 0 Å². The van der Waals surface area contributed by atoms with Crippen LogP contribution in [0.4, 0.5) is 0 Å². The fourth-order valence-electron chi connectivity index (χ4n) is 2.40. The second-order valence-corrected chi connectivity index (χ2v) is 4.97. The Kier molecular flexibility index (Phi) is 4.49. The molecule has 1 heterocycles. The zero-order valence-electron chi connectivity index (χ0n) is 12.1. The molecule has 0 bridgehead atoms. The van der Waals surface area contributed by atoms with Gasteiger partial charge in [0.15, 0.2) is 0 Å². The summed E-state index contributed by atoms with van der Waals surface area (Å²) < 4.78 is 16.0. The van der Waals surface area contributed by atoms with Crippen LogP contribution in [-0.2, 0) is 22.4 Å². The van der Waals surface area contributed by atoms with Gasteiger partial charge in [-0.25, -0.2) is 0 Å². The first-order valence-corrected chi connectivity index (χ1v) is 6.83. The number of carbonyl (C=O) groups is 1. The molecule has 0 saturated carbocycles. The van der Waals surface area contributed by atoms with Crippen LogP contribution in [-0.4, -0.2) is 31.8 Å². The minimum Gasteiger partial charge on any atom is -0.496 e. The van der Waals surface area contributed by atoms with Crippen molar-refractivity contribution in [3.8, 4) is 11.5 Å². The first-order chi connectivity index (χ1) is 9.55. The zero-order chi connectivity index (χ0) is 14.7. The van der Waals surface area contributed by atoms with Crippen LogP contribution < -0.4 is 15.2 Å². The highest BCUT2D eigenvalue weighted by Gasteiger charge is 2.24. The Labute approximate surface area is 119 Å². The van der Waals surface area contributed by atoms with Gasteiger partial charge in [-0.05, 0) is 31.5 Å². The molecule has 0 fully saturated rings. The van der Waals surface area contributed by atoms with Crippen LogP contribution in [0.2, 0.25) is 0 Å². The van der Waals surface area contributed by atoms with Gasteiger partial charge in [-0.1, -0.05) is 0 Å². The van der Waals surface area contributed by atoms with Crippen LogP contribution in [0.5, 0.6) is 11.5 Å². The van der Waals surface area contributed by atoms with Crippen LogP contribution in [0.3, 0.4) is 0 Å². The van der Waals surface area contributed by atoms with Gasteiger partial charge < -0.3 is 19.9 Å². The highest BCUT2D eigenvalue weighted by Crippen LogP contribution is 2.35. The maximum atomic E-state index is 11.6. The molecule has 0 aliphatic carbocycles. The first kappa shape index (κ1) is 14.7. The van der Waals surface area contributed by atoms with E-state index >= 15 is 0 Å². The Morgan fingerprint density at radius 3 is 2.95 bits per heavy atom. The smallest absolute Gasteiger partial charge is 0.323 e. The Bertz CT molecular complexity index is 501. The first-order valence-electron chi connectivity index (χ1n) is 6.83. The van der Waals surface area contributed by atoms with Gasteiger partial charge in [0.2, 0.25) is 0 Å². The Morgan fingerprint density at radius 2 is 2.30 bits per heavy atom. The van der Waals surface area contributed by atoms with E-state index in [0.29, 0.717) is 13.0 Å². The number of ether oxygens (including phenoxy) is 3. The van der Waals surface area contributed by atoms with E-state index in [9.17, 15) is 4.79 Å². The molecule has 2 atom stereocenters. The van der Waals surface area contributed by atoms with E-state index in [4.69, 9.17) is 19.9 Å². The molecule has 5 heteroatoms. The second-order valence-electron chi connectivity index (χ2n) is 4.97. The fraction of sp³-hybridized carbons (Fsp3) is 0.533. The van der Waals surface area contributed by atoms with Crippen molar-refractivity contribution in [2.24, 2.45) is 5.73 Å². The van der Waals surface area contributed by atoms with Gasteiger partial charge in [0, 0.05) is 18.4 Å². The SMILES string of the molecule is CCOC(=O)C(N)Cc1cc2c(cc1OC)CC(C)O2. The number of hydrogen-bond donors (Lipinski definition) is 1. The number of carbonyl (C=O) groups excluding carboxylic acids is 1. The lowest BCUT2D eigenvalue weighted by molar-refractivity contribution is -0.144. The highest BCUT2D eigenvalue weighted by atomic mass is 16.5. The topological polar surface area (TPSA) is 70.8 Å². The summed E-state index contributed by atoms with van der Waals surface area (Å²) in [5.74, 6) is 1.19. The van der Waals surface area contributed by atoms with E-state index in [2.05, 4.69) is 0 Å². The van der Waals surface area contributed by atoms with E-state index in [1.165, 1.54) is 0 Å². The number of methoxy groups -OCH3 is 1. The van der Waals surface area contributed by atoms with E-state index in [1.807, 2.05) is 19.1 Å². The third-order valence-electron chi connectivity index (χ3n) is 3.33. The summed E-state index contributed by atoms with van der Waals surface area (Å²) in [6.07, 6.45) is 1.41. The largest absolute Gasteiger partial charge is 0.496 e. The third kappa shape index (κ3) is 3.04. The standard InChI is InChI=1S/C15H21NO4/c1-4-19-15(17)12(16)6-11-8-14-10(5-9(2)20-14)7-13(11)18-3/h7-9,12H,4-6,16H2,1-3H3. The van der Waals surface area contributed by atoms with Gasteiger partial charge >= 0.3 is 5.97 Å². The van der Waals surface area contributed by atoms with Gasteiger partial charge in [-0.15, -0.1) is 0 Å². The molecule has 2 N–H and O–H groups in total. The van der Waals surface area contributed by atoms with Crippen LogP contribution in [0.25, 0.3) is 0 Å². The molecule has 0 aromatic heterocycles. The lowest BCUT2D eigenvalue weighted by Crippen LogP contribution is -2.34. The summed E-state index contributed by atoms with van der Waals surface area (Å²) in [5, 5.41) is 0. The molecular weight excluding hydrogens is 258 g/mol. The molecule has 20 heavy (non-hydrogen) atoms. The monoisotopic (exact) mass is 279 g/mol. The molecule has 0 spiro atoms. The van der Waals surface area contributed by atoms with Gasteiger partial charge in [0.1, 0.15) is 23.6 Å². The number of rotatable bonds is 5. The quantitative estimate of drug-likeness (QED) is 0.826. The van der Waals surface area contributed by atoms with E-state index < -0.39 is 12.0 Å². The number of nitrogens with two attached hydrogens (primary N) is 1. The molecule has 1 aromatic rings. The molecule has 1 aliphatic heterocycles. The molecule has 1 aromatic carbocycles. The van der Waals surface area contributed by atoms with Crippen molar-refractivity contribution < 1.29 is 19.0 Å². The molecule has 2 unspecified atom stereocenters. The Morgan fingerprint density at radius 1 is 1.55 bits per heavy atom. The van der Waals surface area contributed by atoms with Gasteiger partial charge in [-0.3, -0.25) is 4.79 Å². The van der Waals surface area contributed by atoms with E-state index in [1.54, 1.807) is 14.0 Å². The number of esters is 1. The molecular formula is C15H21NO4. The van der Waals surface area contributed by atoms with Crippen LogP contribution in [0.1, 0.15) is 25.0 Å². The van der Waals surface area contributed by atoms with Crippen molar-refractivity contribution >= 4 is 5.97 Å². The van der Waals surface area contributed by atoms with Crippen molar-refractivity contribution in [2.45, 2.75) is 38.8 Å². The summed E-state index contributed by atoms with van der Waals surface area (Å²) in [6, 6.07) is 3.18. The molecule has 0 saturated heterocycles. The van der Waals surface area contributed by atoms with Crippen molar-refractivity contribution in [2.75, 3.05) is 13.7 Å². The number of fused-ring (bicyclic) bond motifs is 1. The summed E-state index contributed by atoms with van der Waals surface area (Å²) in [7, 11) is 1.61. The zero-order valence-corrected chi connectivity index (χ0v) is 12.1. The minimum absolute atomic E-state index is 0.170. The van der Waals surface area contributed by atoms with E-state index in [-0.39, 0.29) is 6.10 Å². The van der Waals surface area contributed by atoms with Crippen molar-refractivity contribution in [1.82, 2.24) is 0 Å². The lowest BCUT2D eigenvalue weighted by atomic mass is 10.0. The van der Waals surface area contributed by atoms with Gasteiger partial charge in [0.25, 0.3) is 0 Å². The molecule has 1 aliphatic rings. The molecule has 0 amide bonds. The summed E-state index contributed by atoms with van der Waals surface area (Å²) in [5.41, 5.74) is 7.85. The fourth-order valence-corrected chi connectivity index (χ4v) is 2.40. The normalized spacial score (nSPS) is 18.1. The van der Waals surface area contributed by atoms with Crippen LogP contribution in [0.15, 0.2) is 12.1 Å². The molecule has 2 rings (SSSR count). The van der Waals surface area contributed by atoms with Crippen molar-refractivity contribution in [3.63, 3.8) is 0 Å². The summed E-state index contributed by atoms with van der Waals surface area (Å²) in [6.45, 7) is 4.11. The number of benzene rings is 1. The molecule has 0 radical (unpaired) electrons. The lowest BCUT2D eigenvalue weighted by Gasteiger charge is -2.14. The average Bonchev–Trinajstić information content (AvgIpc) is 2.77. The van der Waals surface area contributed by atoms with Crippen molar-refractivity contribution in [3.05, 3.63) is 23.3 Å². The number of hydrogen-bond acceptors (Lipinski definition) is 5. The maximum Gasteiger partial charge on any atom is 0.323 e. The maximum absolute atomic E-state index is 11.6. The minimum atomic E-state index is -0.694. The Hall–Kier alpha value is -1.75. The highest BCUT2D eigenvalue weighted by molar-refractivity contribution is 5.76. The Balaban J connectivity index is 2.19. The third-order valence-corrected chi connectivity index (χ3v) is 3.33. The van der Waals surface area contributed by atoms with Gasteiger partial charge in [0.05, 0.1) is 13.7 Å². The predicted molar refractivity (Wildman–Crippen MR) is 75.1 cm³/mol. The second kappa shape index (κ2) is 6.13. The predicted octanol–water partition coefficient (Wildman–Crippen LogP) is 1.45. The van der Waals surface area contributed by atoms with E-state index in [0.717, 1.165) is 29.0 Å². The summed E-state index contributed by atoms with van der Waals surface area (Å²) >= 11 is 0. The molecule has 5 nitrogen and oxygen atoms in total. The van der Waals surface area contributed by atoms with Crippen molar-refractivity contribution in [1.29, 1.82) is 0 Å². The average molecular weight is 279 g/mol. The van der Waals surface area contributed by atoms with Gasteiger partial charge in [-0.2, -0.15) is 0 Å². The summed E-state index contributed by atoms with van der Waals surface area (Å²) in [4.78, 5) is 11.6.